The van der Waals surface area contributed by atoms with Crippen molar-refractivity contribution in [3.8, 4) is 5.75 Å². The van der Waals surface area contributed by atoms with E-state index in [1.807, 2.05) is 0 Å². The molecule has 0 aliphatic carbocycles. The van der Waals surface area contributed by atoms with Crippen LogP contribution in [0.5, 0.6) is 5.75 Å². The number of H-pyrrole nitrogens is 1. The molecule has 90 valence electrons. The van der Waals surface area contributed by atoms with Crippen molar-refractivity contribution in [3.63, 3.8) is 0 Å². The maximum absolute atomic E-state index is 11.8. The highest BCUT2D eigenvalue weighted by Gasteiger charge is 2.17. The second-order valence-electron chi connectivity index (χ2n) is 4.54. The third-order valence-corrected chi connectivity index (χ3v) is 3.32. The number of hydrogen-bond acceptors (Lipinski definition) is 3. The van der Waals surface area contributed by atoms with E-state index in [0.717, 1.165) is 18.5 Å². The molecule has 5 nitrogen and oxygen atoms in total. The number of benzene rings is 1. The minimum absolute atomic E-state index is 0.112. The molecule has 0 saturated carbocycles. The number of aromatic hydroxyl groups is 1. The summed E-state index contributed by atoms with van der Waals surface area (Å²) in [5, 5.41) is 12.7. The zero-order valence-electron chi connectivity index (χ0n) is 9.44. The van der Waals surface area contributed by atoms with Crippen LogP contribution in [0.3, 0.4) is 0 Å². The van der Waals surface area contributed by atoms with Crippen molar-refractivity contribution in [1.29, 1.82) is 0 Å². The Kier molecular flexibility index (Phi) is 2.40. The van der Waals surface area contributed by atoms with Crippen molar-refractivity contribution in [1.82, 2.24) is 14.9 Å². The van der Waals surface area contributed by atoms with Gasteiger partial charge in [0.2, 0.25) is 0 Å². The molecule has 17 heavy (non-hydrogen) atoms. The summed E-state index contributed by atoms with van der Waals surface area (Å²) in [7, 11) is 0. The van der Waals surface area contributed by atoms with Crippen LogP contribution >= 0.6 is 0 Å². The van der Waals surface area contributed by atoms with Crippen LogP contribution in [-0.4, -0.2) is 27.2 Å². The van der Waals surface area contributed by atoms with Gasteiger partial charge in [-0.2, -0.15) is 0 Å². The van der Waals surface area contributed by atoms with E-state index in [1.165, 1.54) is 6.42 Å². The fourth-order valence-electron chi connectivity index (χ4n) is 2.47. The molecule has 3 rings (SSSR count). The zero-order chi connectivity index (χ0) is 11.8. The molecule has 1 aliphatic heterocycles. The maximum Gasteiger partial charge on any atom is 0.326 e. The molecule has 0 radical (unpaired) electrons. The standard InChI is InChI=1S/C12H15N3O2/c16-9-3-4-11-10(6-9)14-12(17)15(11)7-8-2-1-5-13-8/h3-4,6,8,13,16H,1-2,5,7H2,(H,14,17). The lowest BCUT2D eigenvalue weighted by molar-refractivity contribution is 0.476. The van der Waals surface area contributed by atoms with E-state index in [0.29, 0.717) is 18.1 Å². The summed E-state index contributed by atoms with van der Waals surface area (Å²) in [5.41, 5.74) is 1.42. The van der Waals surface area contributed by atoms with E-state index in [-0.39, 0.29) is 11.4 Å². The Balaban J connectivity index is 2.02. The van der Waals surface area contributed by atoms with Crippen LogP contribution in [0, 0.1) is 0 Å². The number of phenolic OH excluding ortho intramolecular Hbond substituents is 1. The summed E-state index contributed by atoms with van der Waals surface area (Å²) in [6.07, 6.45) is 2.28. The Bertz CT molecular complexity index is 593. The normalized spacial score (nSPS) is 20.1. The van der Waals surface area contributed by atoms with E-state index in [9.17, 15) is 9.90 Å². The van der Waals surface area contributed by atoms with Gasteiger partial charge in [0.1, 0.15) is 5.75 Å². The van der Waals surface area contributed by atoms with Gasteiger partial charge in [0.15, 0.2) is 0 Å². The van der Waals surface area contributed by atoms with Crippen molar-refractivity contribution in [3.05, 3.63) is 28.7 Å². The smallest absolute Gasteiger partial charge is 0.326 e. The van der Waals surface area contributed by atoms with Gasteiger partial charge in [-0.05, 0) is 31.5 Å². The van der Waals surface area contributed by atoms with E-state index >= 15 is 0 Å². The molecule has 1 aromatic carbocycles. The number of hydrogen-bond donors (Lipinski definition) is 3. The van der Waals surface area contributed by atoms with Crippen molar-refractivity contribution < 1.29 is 5.11 Å². The number of nitrogens with zero attached hydrogens (tertiary/aromatic N) is 1. The van der Waals surface area contributed by atoms with Gasteiger partial charge in [-0.25, -0.2) is 4.79 Å². The third-order valence-electron chi connectivity index (χ3n) is 3.32. The summed E-state index contributed by atoms with van der Waals surface area (Å²) < 4.78 is 1.73. The molecule has 0 spiro atoms. The Morgan fingerprint density at radius 1 is 1.47 bits per heavy atom. The lowest BCUT2D eigenvalue weighted by Crippen LogP contribution is -2.31. The Hall–Kier alpha value is -1.75. The Morgan fingerprint density at radius 2 is 2.35 bits per heavy atom. The monoisotopic (exact) mass is 233 g/mol. The predicted molar refractivity (Wildman–Crippen MR) is 65.2 cm³/mol. The lowest BCUT2D eigenvalue weighted by Gasteiger charge is -2.10. The van der Waals surface area contributed by atoms with Crippen LogP contribution in [-0.2, 0) is 6.54 Å². The summed E-state index contributed by atoms with van der Waals surface area (Å²) in [6.45, 7) is 1.71. The molecule has 0 amide bonds. The average Bonchev–Trinajstić information content (AvgIpc) is 2.88. The van der Waals surface area contributed by atoms with Crippen molar-refractivity contribution in [2.24, 2.45) is 0 Å². The molecule has 1 unspecified atom stereocenters. The highest BCUT2D eigenvalue weighted by atomic mass is 16.3. The quantitative estimate of drug-likeness (QED) is 0.718. The second kappa shape index (κ2) is 3.92. The summed E-state index contributed by atoms with van der Waals surface area (Å²) in [5.74, 6) is 0.171. The average molecular weight is 233 g/mol. The summed E-state index contributed by atoms with van der Waals surface area (Å²) in [6, 6.07) is 5.33. The van der Waals surface area contributed by atoms with E-state index in [1.54, 1.807) is 22.8 Å². The molecule has 1 aromatic heterocycles. The van der Waals surface area contributed by atoms with Crippen molar-refractivity contribution in [2.75, 3.05) is 6.54 Å². The van der Waals surface area contributed by atoms with Crippen LogP contribution in [0.4, 0.5) is 0 Å². The van der Waals surface area contributed by atoms with Gasteiger partial charge in [0.25, 0.3) is 0 Å². The first-order chi connectivity index (χ1) is 8.24. The van der Waals surface area contributed by atoms with Gasteiger partial charge in [-0.15, -0.1) is 0 Å². The van der Waals surface area contributed by atoms with Crippen molar-refractivity contribution in [2.45, 2.75) is 25.4 Å². The van der Waals surface area contributed by atoms with Gasteiger partial charge in [-0.1, -0.05) is 0 Å². The second-order valence-corrected chi connectivity index (χ2v) is 4.54. The number of aromatic amines is 1. The number of rotatable bonds is 2. The van der Waals surface area contributed by atoms with Gasteiger partial charge in [0.05, 0.1) is 11.0 Å². The maximum atomic E-state index is 11.8. The van der Waals surface area contributed by atoms with E-state index in [2.05, 4.69) is 10.3 Å². The Labute approximate surface area is 98.1 Å². The number of phenols is 1. The SMILES string of the molecule is O=c1[nH]c2cc(O)ccc2n1CC1CCCN1. The predicted octanol–water partition coefficient (Wildman–Crippen LogP) is 0.787. The molecule has 1 saturated heterocycles. The first-order valence-corrected chi connectivity index (χ1v) is 5.89. The molecule has 1 atom stereocenters. The van der Waals surface area contributed by atoms with Gasteiger partial charge in [-0.3, -0.25) is 4.57 Å². The van der Waals surface area contributed by atoms with Crippen LogP contribution in [0.25, 0.3) is 11.0 Å². The molecule has 1 fully saturated rings. The van der Waals surface area contributed by atoms with Gasteiger partial charge in [0, 0.05) is 18.7 Å². The fraction of sp³-hybridized carbons (Fsp3) is 0.417. The topological polar surface area (TPSA) is 70.0 Å². The molecule has 0 bridgehead atoms. The first kappa shape index (κ1) is 10.4. The van der Waals surface area contributed by atoms with Crippen molar-refractivity contribution >= 4 is 11.0 Å². The third kappa shape index (κ3) is 1.82. The highest BCUT2D eigenvalue weighted by molar-refractivity contribution is 5.76. The van der Waals surface area contributed by atoms with Gasteiger partial charge < -0.3 is 15.4 Å². The minimum Gasteiger partial charge on any atom is -0.508 e. The number of fused-ring (bicyclic) bond motifs is 1. The van der Waals surface area contributed by atoms with E-state index < -0.39 is 0 Å². The van der Waals surface area contributed by atoms with Crippen LogP contribution in [0.1, 0.15) is 12.8 Å². The van der Waals surface area contributed by atoms with Crippen LogP contribution in [0.15, 0.2) is 23.0 Å². The van der Waals surface area contributed by atoms with Gasteiger partial charge >= 0.3 is 5.69 Å². The lowest BCUT2D eigenvalue weighted by atomic mass is 10.2. The molecule has 2 aromatic rings. The number of nitrogens with one attached hydrogen (secondary N) is 2. The molecule has 5 heteroatoms. The summed E-state index contributed by atoms with van der Waals surface area (Å²) >= 11 is 0. The molecule has 2 heterocycles. The minimum atomic E-state index is -0.112. The fourth-order valence-corrected chi connectivity index (χ4v) is 2.47. The first-order valence-electron chi connectivity index (χ1n) is 5.89. The van der Waals surface area contributed by atoms with Crippen LogP contribution < -0.4 is 11.0 Å². The molecular formula is C12H15N3O2. The number of imidazole rings is 1. The molecule has 3 N–H and O–H groups in total. The largest absolute Gasteiger partial charge is 0.508 e. The number of aromatic nitrogens is 2. The Morgan fingerprint density at radius 3 is 3.12 bits per heavy atom. The summed E-state index contributed by atoms with van der Waals surface area (Å²) in [4.78, 5) is 14.6. The van der Waals surface area contributed by atoms with E-state index in [4.69, 9.17) is 0 Å². The highest BCUT2D eigenvalue weighted by Crippen LogP contribution is 2.18. The van der Waals surface area contributed by atoms with Crippen LogP contribution in [0.2, 0.25) is 0 Å². The zero-order valence-corrected chi connectivity index (χ0v) is 9.44. The molecular weight excluding hydrogens is 218 g/mol. The molecule has 1 aliphatic rings.